The Bertz CT molecular complexity index is 310. The average Bonchev–Trinajstić information content (AvgIpc) is 2.14. The molecule has 0 spiro atoms. The van der Waals surface area contributed by atoms with Crippen molar-refractivity contribution in [3.05, 3.63) is 18.5 Å². The minimum atomic E-state index is 0.577. The number of anilines is 2. The summed E-state index contributed by atoms with van der Waals surface area (Å²) in [5.41, 5.74) is 0. The van der Waals surface area contributed by atoms with Gasteiger partial charge in [0.15, 0.2) is 0 Å². The lowest BCUT2D eigenvalue weighted by Gasteiger charge is -2.05. The Balaban J connectivity index is 2.77. The molecule has 1 heterocycles. The Kier molecular flexibility index (Phi) is 3.84. The number of nitrogens with zero attached hydrogens (tertiary/aromatic N) is 3. The predicted molar refractivity (Wildman–Crippen MR) is 57.4 cm³/mol. The molecular formula is C9H15N5. The fourth-order valence-electron chi connectivity index (χ4n) is 0.962. The van der Waals surface area contributed by atoms with E-state index in [-0.39, 0.29) is 0 Å². The van der Waals surface area contributed by atoms with Gasteiger partial charge in [0, 0.05) is 13.1 Å². The molecule has 0 aliphatic carbocycles. The number of hydrogen-bond donors (Lipinski definition) is 2. The Hall–Kier alpha value is -1.65. The molecular weight excluding hydrogens is 178 g/mol. The molecule has 1 rings (SSSR count). The van der Waals surface area contributed by atoms with Gasteiger partial charge >= 0.3 is 0 Å². The van der Waals surface area contributed by atoms with E-state index in [0.717, 1.165) is 6.54 Å². The zero-order chi connectivity index (χ0) is 10.4. The van der Waals surface area contributed by atoms with Crippen molar-refractivity contribution in [1.29, 1.82) is 0 Å². The smallest absolute Gasteiger partial charge is 0.227 e. The van der Waals surface area contributed by atoms with Gasteiger partial charge in [-0.25, -0.2) is 0 Å². The summed E-state index contributed by atoms with van der Waals surface area (Å²) < 4.78 is 0. The predicted octanol–water partition coefficient (Wildman–Crippen LogP) is 1.21. The van der Waals surface area contributed by atoms with Gasteiger partial charge in [-0.05, 0) is 13.8 Å². The highest BCUT2D eigenvalue weighted by atomic mass is 15.2. The number of rotatable bonds is 5. The quantitative estimate of drug-likeness (QED) is 0.688. The van der Waals surface area contributed by atoms with E-state index in [1.165, 1.54) is 0 Å². The lowest BCUT2D eigenvalue weighted by atomic mass is 10.6. The molecule has 14 heavy (non-hydrogen) atoms. The van der Waals surface area contributed by atoms with E-state index in [1.54, 1.807) is 6.08 Å². The second kappa shape index (κ2) is 5.16. The number of nitrogens with one attached hydrogen (secondary N) is 2. The summed E-state index contributed by atoms with van der Waals surface area (Å²) >= 11 is 0. The molecule has 0 bridgehead atoms. The van der Waals surface area contributed by atoms with E-state index >= 15 is 0 Å². The van der Waals surface area contributed by atoms with Crippen LogP contribution in [-0.4, -0.2) is 28.0 Å². The topological polar surface area (TPSA) is 62.7 Å². The number of aryl methyl sites for hydroxylation is 1. The Morgan fingerprint density at radius 3 is 2.43 bits per heavy atom. The van der Waals surface area contributed by atoms with Crippen molar-refractivity contribution in [1.82, 2.24) is 15.0 Å². The molecule has 0 amide bonds. The van der Waals surface area contributed by atoms with Crippen molar-refractivity contribution >= 4 is 11.9 Å². The standard InChI is InChI=1S/C9H15N5/c1-4-6-11-9-13-7(3)12-8(14-9)10-5-2/h4H,1,5-6H2,2-3H3,(H2,10,11,12,13,14). The first kappa shape index (κ1) is 10.4. The molecule has 0 fully saturated rings. The third kappa shape index (κ3) is 3.01. The highest BCUT2D eigenvalue weighted by Crippen LogP contribution is 2.03. The normalized spacial score (nSPS) is 9.57. The van der Waals surface area contributed by atoms with Crippen molar-refractivity contribution < 1.29 is 0 Å². The maximum absolute atomic E-state index is 4.17. The van der Waals surface area contributed by atoms with Crippen LogP contribution in [0.4, 0.5) is 11.9 Å². The lowest BCUT2D eigenvalue weighted by Crippen LogP contribution is -2.09. The molecule has 5 nitrogen and oxygen atoms in total. The summed E-state index contributed by atoms with van der Waals surface area (Å²) in [7, 11) is 0. The molecule has 0 unspecified atom stereocenters. The van der Waals surface area contributed by atoms with Crippen LogP contribution in [0.3, 0.4) is 0 Å². The third-order valence-electron chi connectivity index (χ3n) is 1.49. The lowest BCUT2D eigenvalue weighted by molar-refractivity contribution is 0.958. The van der Waals surface area contributed by atoms with Gasteiger partial charge in [-0.3, -0.25) is 0 Å². The fourth-order valence-corrected chi connectivity index (χ4v) is 0.962. The van der Waals surface area contributed by atoms with Crippen LogP contribution in [0.5, 0.6) is 0 Å². The average molecular weight is 193 g/mol. The summed E-state index contributed by atoms with van der Waals surface area (Å²) in [6, 6.07) is 0. The molecule has 1 aromatic rings. The van der Waals surface area contributed by atoms with Crippen LogP contribution in [-0.2, 0) is 0 Å². The second-order valence-corrected chi connectivity index (χ2v) is 2.73. The molecule has 5 heteroatoms. The summed E-state index contributed by atoms with van der Waals surface area (Å²) in [6.07, 6.45) is 1.76. The van der Waals surface area contributed by atoms with Crippen LogP contribution in [0.25, 0.3) is 0 Å². The van der Waals surface area contributed by atoms with E-state index in [0.29, 0.717) is 24.3 Å². The van der Waals surface area contributed by atoms with Crippen molar-refractivity contribution in [2.24, 2.45) is 0 Å². The maximum Gasteiger partial charge on any atom is 0.227 e. The van der Waals surface area contributed by atoms with Gasteiger partial charge in [0.1, 0.15) is 5.82 Å². The Morgan fingerprint density at radius 2 is 1.86 bits per heavy atom. The summed E-state index contributed by atoms with van der Waals surface area (Å²) in [5, 5.41) is 6.05. The molecule has 0 aliphatic rings. The molecule has 0 atom stereocenters. The number of hydrogen-bond acceptors (Lipinski definition) is 5. The highest BCUT2D eigenvalue weighted by molar-refractivity contribution is 5.34. The first-order valence-corrected chi connectivity index (χ1v) is 4.57. The van der Waals surface area contributed by atoms with Crippen molar-refractivity contribution in [2.45, 2.75) is 13.8 Å². The van der Waals surface area contributed by atoms with Crippen LogP contribution in [0.15, 0.2) is 12.7 Å². The first-order valence-electron chi connectivity index (χ1n) is 4.57. The van der Waals surface area contributed by atoms with E-state index in [4.69, 9.17) is 0 Å². The van der Waals surface area contributed by atoms with Crippen LogP contribution in [0.1, 0.15) is 12.7 Å². The third-order valence-corrected chi connectivity index (χ3v) is 1.49. The van der Waals surface area contributed by atoms with Crippen molar-refractivity contribution in [2.75, 3.05) is 23.7 Å². The van der Waals surface area contributed by atoms with Gasteiger partial charge in [-0.1, -0.05) is 6.08 Å². The van der Waals surface area contributed by atoms with Gasteiger partial charge in [0.2, 0.25) is 11.9 Å². The molecule has 0 aliphatic heterocycles. The van der Waals surface area contributed by atoms with Crippen molar-refractivity contribution in [3.8, 4) is 0 Å². The summed E-state index contributed by atoms with van der Waals surface area (Å²) in [6.45, 7) is 8.88. The van der Waals surface area contributed by atoms with Gasteiger partial charge in [0.05, 0.1) is 0 Å². The molecule has 2 N–H and O–H groups in total. The van der Waals surface area contributed by atoms with E-state index in [2.05, 4.69) is 32.2 Å². The van der Waals surface area contributed by atoms with Crippen LogP contribution >= 0.6 is 0 Å². The molecule has 0 saturated carbocycles. The maximum atomic E-state index is 4.17. The van der Waals surface area contributed by atoms with Crippen molar-refractivity contribution in [3.63, 3.8) is 0 Å². The first-order chi connectivity index (χ1) is 6.76. The van der Waals surface area contributed by atoms with Crippen LogP contribution < -0.4 is 10.6 Å². The minimum absolute atomic E-state index is 0.577. The fraction of sp³-hybridized carbons (Fsp3) is 0.444. The molecule has 1 aromatic heterocycles. The summed E-state index contributed by atoms with van der Waals surface area (Å²) in [4.78, 5) is 12.4. The Morgan fingerprint density at radius 1 is 1.21 bits per heavy atom. The van der Waals surface area contributed by atoms with Crippen LogP contribution in [0.2, 0.25) is 0 Å². The Labute approximate surface area is 83.7 Å². The van der Waals surface area contributed by atoms with E-state index in [1.807, 2.05) is 13.8 Å². The monoisotopic (exact) mass is 193 g/mol. The van der Waals surface area contributed by atoms with Gasteiger partial charge in [-0.2, -0.15) is 15.0 Å². The summed E-state index contributed by atoms with van der Waals surface area (Å²) in [5.74, 6) is 1.88. The van der Waals surface area contributed by atoms with Gasteiger partial charge < -0.3 is 10.6 Å². The SMILES string of the molecule is C=CCNc1nc(C)nc(NCC)n1. The minimum Gasteiger partial charge on any atom is -0.354 e. The molecule has 0 aromatic carbocycles. The molecule has 76 valence electrons. The molecule has 0 radical (unpaired) electrons. The van der Waals surface area contributed by atoms with E-state index < -0.39 is 0 Å². The largest absolute Gasteiger partial charge is 0.354 e. The second-order valence-electron chi connectivity index (χ2n) is 2.73. The molecule has 0 saturated heterocycles. The zero-order valence-corrected chi connectivity index (χ0v) is 8.54. The van der Waals surface area contributed by atoms with Gasteiger partial charge in [-0.15, -0.1) is 6.58 Å². The van der Waals surface area contributed by atoms with E-state index in [9.17, 15) is 0 Å². The zero-order valence-electron chi connectivity index (χ0n) is 8.54. The highest BCUT2D eigenvalue weighted by Gasteiger charge is 2.00. The van der Waals surface area contributed by atoms with Gasteiger partial charge in [0.25, 0.3) is 0 Å². The van der Waals surface area contributed by atoms with Crippen LogP contribution in [0, 0.1) is 6.92 Å². The number of aromatic nitrogens is 3.